The Morgan fingerprint density at radius 3 is 2.47 bits per heavy atom. The molecule has 0 bridgehead atoms. The Hall–Kier alpha value is -3.49. The number of sulfonamides is 1. The third kappa shape index (κ3) is 4.47. The molecule has 3 aromatic rings. The average molecular weight is 478 g/mol. The zero-order chi connectivity index (χ0) is 24.3. The summed E-state index contributed by atoms with van der Waals surface area (Å²) in [6.45, 7) is 4.89. The fourth-order valence-corrected chi connectivity index (χ4v) is 5.54. The third-order valence-electron chi connectivity index (χ3n) is 5.84. The molecule has 0 radical (unpaired) electrons. The highest BCUT2D eigenvalue weighted by Gasteiger charge is 2.29. The van der Waals surface area contributed by atoms with Crippen molar-refractivity contribution in [1.29, 1.82) is 0 Å². The number of hydrogen-bond acceptors (Lipinski definition) is 4. The Morgan fingerprint density at radius 1 is 1.00 bits per heavy atom. The van der Waals surface area contributed by atoms with E-state index in [0.29, 0.717) is 42.5 Å². The molecular formula is C26H27N3O4S. The van der Waals surface area contributed by atoms with Crippen molar-refractivity contribution in [2.24, 2.45) is 4.99 Å². The van der Waals surface area contributed by atoms with Gasteiger partial charge in [-0.1, -0.05) is 50.2 Å². The number of carbonyl (C=O) groups excluding carboxylic acids is 1. The molecule has 7 nitrogen and oxygen atoms in total. The first-order chi connectivity index (χ1) is 16.4. The minimum Gasteiger partial charge on any atom is -0.497 e. The summed E-state index contributed by atoms with van der Waals surface area (Å²) in [7, 11) is -2.08. The summed E-state index contributed by atoms with van der Waals surface area (Å²) in [4.78, 5) is 19.6. The van der Waals surface area contributed by atoms with E-state index in [0.717, 1.165) is 11.1 Å². The van der Waals surface area contributed by atoms with Crippen molar-refractivity contribution < 1.29 is 17.9 Å². The van der Waals surface area contributed by atoms with Gasteiger partial charge in [-0.2, -0.15) is 9.30 Å². The number of nitrogens with zero attached hydrogens (tertiary/aromatic N) is 3. The number of fused-ring (bicyclic) bond motifs is 1. The van der Waals surface area contributed by atoms with Gasteiger partial charge in [0.15, 0.2) is 0 Å². The zero-order valence-electron chi connectivity index (χ0n) is 19.4. The highest BCUT2D eigenvalue weighted by molar-refractivity contribution is 7.89. The van der Waals surface area contributed by atoms with Gasteiger partial charge in [-0.05, 0) is 42.0 Å². The third-order valence-corrected chi connectivity index (χ3v) is 7.88. The molecule has 1 amide bonds. The van der Waals surface area contributed by atoms with Gasteiger partial charge in [-0.3, -0.25) is 4.79 Å². The largest absolute Gasteiger partial charge is 0.497 e. The number of amidine groups is 1. The van der Waals surface area contributed by atoms with Gasteiger partial charge in [0.2, 0.25) is 10.0 Å². The Kier molecular flexibility index (Phi) is 6.81. The van der Waals surface area contributed by atoms with Crippen LogP contribution >= 0.6 is 0 Å². The van der Waals surface area contributed by atoms with Crippen LogP contribution in [0.1, 0.15) is 35.3 Å². The molecule has 176 valence electrons. The molecule has 3 aromatic carbocycles. The smallest absolute Gasteiger partial charge is 0.279 e. The highest BCUT2D eigenvalue weighted by atomic mass is 32.2. The van der Waals surface area contributed by atoms with Crippen molar-refractivity contribution in [2.45, 2.75) is 25.3 Å². The van der Waals surface area contributed by atoms with Crippen molar-refractivity contribution in [2.75, 3.05) is 25.1 Å². The molecule has 0 spiro atoms. The lowest BCUT2D eigenvalue weighted by Crippen LogP contribution is -2.31. The molecule has 0 aromatic heterocycles. The molecule has 0 saturated heterocycles. The van der Waals surface area contributed by atoms with Crippen molar-refractivity contribution in [3.8, 4) is 5.75 Å². The summed E-state index contributed by atoms with van der Waals surface area (Å²) in [5, 5.41) is 0. The van der Waals surface area contributed by atoms with Crippen molar-refractivity contribution >= 4 is 27.5 Å². The molecule has 0 atom stereocenters. The first-order valence-corrected chi connectivity index (χ1v) is 12.6. The van der Waals surface area contributed by atoms with Crippen LogP contribution in [0.4, 0.5) is 5.69 Å². The molecule has 1 aliphatic heterocycles. The lowest BCUT2D eigenvalue weighted by molar-refractivity contribution is 0.100. The SMILES string of the molecule is CCN(CC)S(=O)(=O)c1cccc(N2Cc3ccccc3C2=NC(=O)c2cccc(OC)c2)c1. The van der Waals surface area contributed by atoms with Crippen LogP contribution in [0.5, 0.6) is 5.75 Å². The van der Waals surface area contributed by atoms with E-state index in [9.17, 15) is 13.2 Å². The molecule has 1 aliphatic rings. The van der Waals surface area contributed by atoms with E-state index in [2.05, 4.69) is 4.99 Å². The average Bonchev–Trinajstić information content (AvgIpc) is 3.23. The number of amides is 1. The Bertz CT molecular complexity index is 1350. The Labute approximate surface area is 200 Å². The van der Waals surface area contributed by atoms with E-state index in [1.165, 1.54) is 4.31 Å². The van der Waals surface area contributed by atoms with Crippen LogP contribution in [0, 0.1) is 0 Å². The number of anilines is 1. The minimum absolute atomic E-state index is 0.211. The van der Waals surface area contributed by atoms with E-state index in [-0.39, 0.29) is 4.90 Å². The van der Waals surface area contributed by atoms with Gasteiger partial charge in [-0.25, -0.2) is 8.42 Å². The van der Waals surface area contributed by atoms with Crippen LogP contribution in [-0.4, -0.2) is 44.7 Å². The lowest BCUT2D eigenvalue weighted by Gasteiger charge is -2.22. The molecule has 8 heteroatoms. The number of hydrogen-bond donors (Lipinski definition) is 0. The van der Waals surface area contributed by atoms with Crippen molar-refractivity contribution in [3.63, 3.8) is 0 Å². The number of ether oxygens (including phenoxy) is 1. The number of methoxy groups -OCH3 is 1. The zero-order valence-corrected chi connectivity index (χ0v) is 20.2. The molecule has 0 fully saturated rings. The monoisotopic (exact) mass is 477 g/mol. The highest BCUT2D eigenvalue weighted by Crippen LogP contribution is 2.31. The Balaban J connectivity index is 1.77. The number of aliphatic imine (C=N–C) groups is 1. The fourth-order valence-electron chi connectivity index (χ4n) is 4.04. The topological polar surface area (TPSA) is 79.3 Å². The summed E-state index contributed by atoms with van der Waals surface area (Å²) in [5.74, 6) is 0.660. The number of rotatable bonds is 7. The summed E-state index contributed by atoms with van der Waals surface area (Å²) in [5.41, 5.74) is 2.92. The number of benzene rings is 3. The van der Waals surface area contributed by atoms with E-state index < -0.39 is 15.9 Å². The minimum atomic E-state index is -3.63. The van der Waals surface area contributed by atoms with Gasteiger partial charge in [0.1, 0.15) is 11.6 Å². The predicted octanol–water partition coefficient (Wildman–Crippen LogP) is 4.33. The summed E-state index contributed by atoms with van der Waals surface area (Å²) < 4.78 is 32.8. The molecule has 0 saturated carbocycles. The normalized spacial score (nSPS) is 14.5. The Morgan fingerprint density at radius 2 is 1.74 bits per heavy atom. The van der Waals surface area contributed by atoms with Gasteiger partial charge in [-0.15, -0.1) is 0 Å². The quantitative estimate of drug-likeness (QED) is 0.506. The standard InChI is InChI=1S/C26H27N3O4S/c1-4-28(5-2)34(31,32)23-14-9-12-21(17-23)29-18-20-10-6-7-15-24(20)25(29)27-26(30)19-11-8-13-22(16-19)33-3/h6-17H,4-5,18H2,1-3H3. The van der Waals surface area contributed by atoms with Gasteiger partial charge < -0.3 is 9.64 Å². The van der Waals surface area contributed by atoms with Gasteiger partial charge >= 0.3 is 0 Å². The summed E-state index contributed by atoms with van der Waals surface area (Å²) >= 11 is 0. The number of carbonyl (C=O) groups is 1. The van der Waals surface area contributed by atoms with Gasteiger partial charge in [0.25, 0.3) is 5.91 Å². The lowest BCUT2D eigenvalue weighted by atomic mass is 10.1. The van der Waals surface area contributed by atoms with Crippen LogP contribution in [0.25, 0.3) is 0 Å². The van der Waals surface area contributed by atoms with E-state index in [4.69, 9.17) is 4.74 Å². The van der Waals surface area contributed by atoms with Crippen LogP contribution < -0.4 is 9.64 Å². The predicted molar refractivity (Wildman–Crippen MR) is 133 cm³/mol. The van der Waals surface area contributed by atoms with Crippen LogP contribution in [0.2, 0.25) is 0 Å². The fraction of sp³-hybridized carbons (Fsp3) is 0.231. The van der Waals surface area contributed by atoms with Crippen LogP contribution in [0.3, 0.4) is 0 Å². The van der Waals surface area contributed by atoms with E-state index in [1.807, 2.05) is 49.1 Å². The van der Waals surface area contributed by atoms with Gasteiger partial charge in [0.05, 0.1) is 18.6 Å². The molecule has 0 N–H and O–H groups in total. The van der Waals surface area contributed by atoms with Crippen molar-refractivity contribution in [3.05, 3.63) is 89.5 Å². The van der Waals surface area contributed by atoms with E-state index >= 15 is 0 Å². The van der Waals surface area contributed by atoms with Crippen LogP contribution in [-0.2, 0) is 16.6 Å². The summed E-state index contributed by atoms with van der Waals surface area (Å²) in [6, 6.07) is 21.4. The maximum Gasteiger partial charge on any atom is 0.279 e. The second-order valence-corrected chi connectivity index (χ2v) is 9.74. The maximum atomic E-state index is 13.1. The maximum absolute atomic E-state index is 13.1. The molecule has 4 rings (SSSR count). The van der Waals surface area contributed by atoms with Gasteiger partial charge in [0, 0.05) is 29.9 Å². The summed E-state index contributed by atoms with van der Waals surface area (Å²) in [6.07, 6.45) is 0. The molecule has 34 heavy (non-hydrogen) atoms. The first kappa shape index (κ1) is 23.7. The van der Waals surface area contributed by atoms with Crippen molar-refractivity contribution in [1.82, 2.24) is 4.31 Å². The second-order valence-electron chi connectivity index (χ2n) is 7.80. The first-order valence-electron chi connectivity index (χ1n) is 11.1. The molecular weight excluding hydrogens is 450 g/mol. The van der Waals surface area contributed by atoms with Crippen LogP contribution in [0.15, 0.2) is 82.7 Å². The van der Waals surface area contributed by atoms with E-state index in [1.54, 1.807) is 49.6 Å². The molecule has 0 aliphatic carbocycles. The molecule has 1 heterocycles. The second kappa shape index (κ2) is 9.79. The molecule has 0 unspecified atom stereocenters.